The van der Waals surface area contributed by atoms with Gasteiger partial charge in [-0.2, -0.15) is 0 Å². The molecule has 4 rings (SSSR count). The zero-order valence-corrected chi connectivity index (χ0v) is 22.1. The molecule has 0 spiro atoms. The molecule has 0 amide bonds. The van der Waals surface area contributed by atoms with Crippen LogP contribution in [0, 0.1) is 18.8 Å². The molecule has 1 saturated heterocycles. The van der Waals surface area contributed by atoms with Gasteiger partial charge in [0.05, 0.1) is 12.6 Å². The Morgan fingerprint density at radius 2 is 2.14 bits per heavy atom. The maximum Gasteiger partial charge on any atom is 0.303 e. The van der Waals surface area contributed by atoms with Crippen LogP contribution in [-0.2, 0) is 11.2 Å². The monoisotopic (exact) mass is 512 g/mol. The van der Waals surface area contributed by atoms with E-state index in [-0.39, 0.29) is 6.42 Å². The van der Waals surface area contributed by atoms with Crippen molar-refractivity contribution >= 4 is 28.2 Å². The highest BCUT2D eigenvalue weighted by atomic mass is 32.1. The summed E-state index contributed by atoms with van der Waals surface area (Å²) in [6.45, 7) is 5.12. The maximum atomic E-state index is 15.5. The van der Waals surface area contributed by atoms with Crippen molar-refractivity contribution in [3.63, 3.8) is 0 Å². The number of aliphatic carboxylic acids is 1. The summed E-state index contributed by atoms with van der Waals surface area (Å²) in [7, 11) is 1.61. The van der Waals surface area contributed by atoms with Gasteiger partial charge in [-0.15, -0.1) is 11.3 Å². The van der Waals surface area contributed by atoms with Gasteiger partial charge < -0.3 is 14.7 Å². The van der Waals surface area contributed by atoms with Gasteiger partial charge in [-0.3, -0.25) is 9.78 Å². The number of piperidine rings is 1. The van der Waals surface area contributed by atoms with E-state index >= 15 is 4.39 Å². The van der Waals surface area contributed by atoms with Gasteiger partial charge in [0.15, 0.2) is 0 Å². The number of likely N-dealkylation sites (tertiary alicyclic amines) is 1. The summed E-state index contributed by atoms with van der Waals surface area (Å²) in [6, 6.07) is 9.51. The number of carboxylic acid groups (broad SMARTS) is 1. The molecule has 1 aliphatic heterocycles. The molecule has 194 valence electrons. The van der Waals surface area contributed by atoms with Crippen molar-refractivity contribution in [2.75, 3.05) is 26.7 Å². The molecule has 1 N–H and O–H groups in total. The van der Waals surface area contributed by atoms with E-state index in [4.69, 9.17) is 4.74 Å². The van der Waals surface area contributed by atoms with Crippen molar-refractivity contribution < 1.29 is 19.0 Å². The number of aromatic nitrogens is 1. The number of rotatable bonds is 12. The molecule has 0 radical (unpaired) electrons. The van der Waals surface area contributed by atoms with Crippen molar-refractivity contribution in [2.45, 2.75) is 58.0 Å². The first-order chi connectivity index (χ1) is 17.4. The number of alkyl halides is 1. The Labute approximate surface area is 217 Å². The van der Waals surface area contributed by atoms with E-state index in [0.29, 0.717) is 36.0 Å². The van der Waals surface area contributed by atoms with E-state index in [2.05, 4.69) is 28.3 Å². The summed E-state index contributed by atoms with van der Waals surface area (Å²) in [5.41, 5.74) is 2.79. The molecule has 0 bridgehead atoms. The Morgan fingerprint density at radius 1 is 1.28 bits per heavy atom. The van der Waals surface area contributed by atoms with Crippen LogP contribution in [0.2, 0.25) is 0 Å². The Bertz CT molecular complexity index is 1150. The second-order valence-electron chi connectivity index (χ2n) is 10.0. The Hall–Kier alpha value is -2.51. The van der Waals surface area contributed by atoms with Gasteiger partial charge in [0.25, 0.3) is 0 Å². The van der Waals surface area contributed by atoms with Crippen LogP contribution in [0.3, 0.4) is 0 Å². The lowest BCUT2D eigenvalue weighted by Gasteiger charge is -2.39. The number of benzene rings is 1. The minimum absolute atomic E-state index is 0.178. The molecule has 2 aromatic heterocycles. The van der Waals surface area contributed by atoms with Crippen LogP contribution in [0.15, 0.2) is 41.9 Å². The first kappa shape index (κ1) is 26.6. The average molecular weight is 513 g/mol. The molecule has 1 fully saturated rings. The number of halogens is 1. The standard InChI is InChI=1S/C29H37FN2O3S/c1-20-13-17-36-28(20)4-3-15-32-16-12-21(22(19-32)6-10-29(33)34)5-8-26(30)24-11-14-31-27-9-7-23(35-2)18-25(24)27/h7,9,11,13-14,17-18,21-22,26H,3-6,8,10,12,15-16,19H2,1-2H3,(H,33,34)/t21-,22+,26?/m1/s1. The van der Waals surface area contributed by atoms with Gasteiger partial charge in [0.2, 0.25) is 0 Å². The predicted octanol–water partition coefficient (Wildman–Crippen LogP) is 6.84. The lowest BCUT2D eigenvalue weighted by molar-refractivity contribution is -0.137. The number of carbonyl (C=O) groups is 1. The molecule has 3 aromatic rings. The molecule has 3 heterocycles. The zero-order valence-electron chi connectivity index (χ0n) is 21.3. The van der Waals surface area contributed by atoms with Crippen molar-refractivity contribution in [2.24, 2.45) is 11.8 Å². The molecule has 1 unspecified atom stereocenters. The molecular weight excluding hydrogens is 475 g/mol. The van der Waals surface area contributed by atoms with E-state index in [0.717, 1.165) is 56.2 Å². The lowest BCUT2D eigenvalue weighted by Crippen LogP contribution is -2.41. The smallest absolute Gasteiger partial charge is 0.303 e. The Kier molecular flexibility index (Phi) is 9.32. The minimum atomic E-state index is -1.09. The number of hydrogen-bond acceptors (Lipinski definition) is 5. The fourth-order valence-electron chi connectivity index (χ4n) is 5.56. The summed E-state index contributed by atoms with van der Waals surface area (Å²) in [5, 5.41) is 12.2. The van der Waals surface area contributed by atoms with E-state index < -0.39 is 12.1 Å². The van der Waals surface area contributed by atoms with Gasteiger partial charge in [0.1, 0.15) is 11.9 Å². The second-order valence-corrected chi connectivity index (χ2v) is 11.0. The summed E-state index contributed by atoms with van der Waals surface area (Å²) in [6.07, 6.45) is 5.83. The van der Waals surface area contributed by atoms with Gasteiger partial charge in [-0.25, -0.2) is 4.39 Å². The van der Waals surface area contributed by atoms with Gasteiger partial charge in [0, 0.05) is 29.4 Å². The summed E-state index contributed by atoms with van der Waals surface area (Å²) in [5.74, 6) is 0.583. The van der Waals surface area contributed by atoms with Crippen LogP contribution in [0.25, 0.3) is 10.9 Å². The number of hydrogen-bond donors (Lipinski definition) is 1. The number of carboxylic acids is 1. The normalized spacial score (nSPS) is 19.4. The van der Waals surface area contributed by atoms with Crippen LogP contribution < -0.4 is 4.74 Å². The SMILES string of the molecule is COc1ccc2nccc(C(F)CC[C@@H]3CCN(CCCc4sccc4C)C[C@@H]3CCC(=O)O)c2c1. The van der Waals surface area contributed by atoms with E-state index in [1.807, 2.05) is 29.5 Å². The summed E-state index contributed by atoms with van der Waals surface area (Å²) >= 11 is 1.83. The highest BCUT2D eigenvalue weighted by Gasteiger charge is 2.30. The lowest BCUT2D eigenvalue weighted by atomic mass is 9.79. The number of ether oxygens (including phenoxy) is 1. The summed E-state index contributed by atoms with van der Waals surface area (Å²) in [4.78, 5) is 19.6. The highest BCUT2D eigenvalue weighted by molar-refractivity contribution is 7.10. The molecule has 1 aliphatic rings. The molecule has 36 heavy (non-hydrogen) atoms. The number of fused-ring (bicyclic) bond motifs is 1. The van der Waals surface area contributed by atoms with Gasteiger partial charge in [-0.1, -0.05) is 0 Å². The molecule has 0 saturated carbocycles. The molecule has 3 atom stereocenters. The fraction of sp³-hybridized carbons (Fsp3) is 0.517. The Morgan fingerprint density at radius 3 is 2.89 bits per heavy atom. The van der Waals surface area contributed by atoms with Crippen LogP contribution >= 0.6 is 11.3 Å². The third-order valence-corrected chi connectivity index (χ3v) is 8.74. The van der Waals surface area contributed by atoms with Crippen molar-refractivity contribution in [1.29, 1.82) is 0 Å². The summed E-state index contributed by atoms with van der Waals surface area (Å²) < 4.78 is 20.9. The second kappa shape index (κ2) is 12.6. The highest BCUT2D eigenvalue weighted by Crippen LogP contribution is 2.36. The third-order valence-electron chi connectivity index (χ3n) is 7.66. The molecular formula is C29H37FN2O3S. The molecule has 0 aliphatic carbocycles. The van der Waals surface area contributed by atoms with Crippen LogP contribution in [-0.4, -0.2) is 47.7 Å². The van der Waals surface area contributed by atoms with Gasteiger partial charge >= 0.3 is 5.97 Å². The minimum Gasteiger partial charge on any atom is -0.497 e. The van der Waals surface area contributed by atoms with Crippen molar-refractivity contribution in [1.82, 2.24) is 9.88 Å². The number of aryl methyl sites for hydroxylation is 2. The first-order valence-corrected chi connectivity index (χ1v) is 13.9. The number of pyridine rings is 1. The maximum absolute atomic E-state index is 15.5. The molecule has 7 heteroatoms. The van der Waals surface area contributed by atoms with Crippen molar-refractivity contribution in [3.8, 4) is 5.75 Å². The first-order valence-electron chi connectivity index (χ1n) is 13.0. The zero-order chi connectivity index (χ0) is 25.5. The van der Waals surface area contributed by atoms with E-state index in [9.17, 15) is 9.90 Å². The van der Waals surface area contributed by atoms with Crippen LogP contribution in [0.5, 0.6) is 5.75 Å². The number of thiophene rings is 1. The largest absolute Gasteiger partial charge is 0.497 e. The van der Waals surface area contributed by atoms with Gasteiger partial charge in [-0.05, 0) is 117 Å². The van der Waals surface area contributed by atoms with Crippen LogP contribution in [0.1, 0.15) is 60.7 Å². The fourth-order valence-corrected chi connectivity index (χ4v) is 6.51. The third kappa shape index (κ3) is 6.83. The molecule has 5 nitrogen and oxygen atoms in total. The van der Waals surface area contributed by atoms with Crippen molar-refractivity contribution in [3.05, 3.63) is 57.9 Å². The predicted molar refractivity (Wildman–Crippen MR) is 144 cm³/mol. The quantitative estimate of drug-likeness (QED) is 0.288. The topological polar surface area (TPSA) is 62.7 Å². The van der Waals surface area contributed by atoms with E-state index in [1.54, 1.807) is 19.4 Å². The Balaban J connectivity index is 1.36. The average Bonchev–Trinajstić information content (AvgIpc) is 3.30. The number of nitrogens with zero attached hydrogens (tertiary/aromatic N) is 2. The van der Waals surface area contributed by atoms with Crippen LogP contribution in [0.4, 0.5) is 4.39 Å². The molecule has 1 aromatic carbocycles. The van der Waals surface area contributed by atoms with E-state index in [1.165, 1.54) is 10.4 Å². The number of methoxy groups -OCH3 is 1.